The van der Waals surface area contributed by atoms with Crippen LogP contribution < -0.4 is 5.32 Å². The zero-order valence-electron chi connectivity index (χ0n) is 18.5. The fourth-order valence-electron chi connectivity index (χ4n) is 4.77. The number of likely N-dealkylation sites (tertiary alicyclic amines) is 1. The molecule has 1 amide bonds. The fourth-order valence-corrected chi connectivity index (χ4v) is 4.77. The van der Waals surface area contributed by atoms with Crippen molar-refractivity contribution in [3.8, 4) is 11.5 Å². The predicted molar refractivity (Wildman–Crippen MR) is 119 cm³/mol. The highest BCUT2D eigenvalue weighted by molar-refractivity contribution is 5.79. The van der Waals surface area contributed by atoms with Crippen molar-refractivity contribution in [3.63, 3.8) is 0 Å². The average Bonchev–Trinajstić information content (AvgIpc) is 3.15. The van der Waals surface area contributed by atoms with Crippen molar-refractivity contribution in [2.24, 2.45) is 5.92 Å². The van der Waals surface area contributed by atoms with Gasteiger partial charge >= 0.3 is 0 Å². The highest BCUT2D eigenvalue weighted by Gasteiger charge is 2.28. The van der Waals surface area contributed by atoms with Gasteiger partial charge in [-0.05, 0) is 63.3 Å². The molecule has 30 heavy (non-hydrogen) atoms. The lowest BCUT2D eigenvalue weighted by atomic mass is 9.93. The number of carbonyl (C=O) groups excluding carboxylic acids is 1. The summed E-state index contributed by atoms with van der Waals surface area (Å²) in [6.07, 6.45) is 9.16. The topological polar surface area (TPSA) is 58.4 Å². The minimum Gasteiger partial charge on any atom is -0.441 e. The molecule has 2 fully saturated rings. The summed E-state index contributed by atoms with van der Waals surface area (Å²) in [6.45, 7) is 6.72. The van der Waals surface area contributed by atoms with Gasteiger partial charge in [0.05, 0.1) is 11.6 Å². The van der Waals surface area contributed by atoms with Gasteiger partial charge in [0.25, 0.3) is 0 Å². The molecular weight excluding hydrogens is 374 g/mol. The van der Waals surface area contributed by atoms with Crippen LogP contribution in [0.25, 0.3) is 11.5 Å². The molecular formula is C25H35N3O2. The first-order valence-corrected chi connectivity index (χ1v) is 11.7. The lowest BCUT2D eigenvalue weighted by Crippen LogP contribution is -2.46. The summed E-state index contributed by atoms with van der Waals surface area (Å²) in [6, 6.07) is 8.82. The van der Waals surface area contributed by atoms with Crippen LogP contribution in [0, 0.1) is 12.8 Å². The molecule has 1 unspecified atom stereocenters. The van der Waals surface area contributed by atoms with Crippen LogP contribution in [0.4, 0.5) is 0 Å². The van der Waals surface area contributed by atoms with Crippen molar-refractivity contribution in [2.75, 3.05) is 13.1 Å². The molecule has 2 heterocycles. The second-order valence-electron chi connectivity index (χ2n) is 8.99. The van der Waals surface area contributed by atoms with Gasteiger partial charge in [-0.2, -0.15) is 0 Å². The number of aryl methyl sites for hydroxylation is 2. The van der Waals surface area contributed by atoms with Crippen molar-refractivity contribution in [1.29, 1.82) is 0 Å². The molecule has 5 heteroatoms. The SMILES string of the molecule is CCc1ccc(-c2nc(CN3CCCC(C(=O)NC4CCCCC4)C3)c(C)o2)cc1. The number of piperidine rings is 1. The third kappa shape index (κ3) is 5.12. The van der Waals surface area contributed by atoms with Crippen LogP contribution in [0.3, 0.4) is 0 Å². The molecule has 2 aromatic rings. The molecule has 1 saturated carbocycles. The second-order valence-corrected chi connectivity index (χ2v) is 8.99. The van der Waals surface area contributed by atoms with Gasteiger partial charge in [0.1, 0.15) is 5.76 Å². The normalized spacial score (nSPS) is 20.9. The molecule has 5 nitrogen and oxygen atoms in total. The van der Waals surface area contributed by atoms with E-state index < -0.39 is 0 Å². The van der Waals surface area contributed by atoms with E-state index in [9.17, 15) is 4.79 Å². The van der Waals surface area contributed by atoms with Gasteiger partial charge in [0.15, 0.2) is 0 Å². The lowest BCUT2D eigenvalue weighted by molar-refractivity contribution is -0.127. The molecule has 1 aromatic heterocycles. The van der Waals surface area contributed by atoms with Crippen molar-refractivity contribution in [3.05, 3.63) is 41.3 Å². The first kappa shape index (κ1) is 21.1. The monoisotopic (exact) mass is 409 g/mol. The number of nitrogens with zero attached hydrogens (tertiary/aromatic N) is 2. The zero-order valence-corrected chi connectivity index (χ0v) is 18.5. The molecule has 162 valence electrons. The Balaban J connectivity index is 1.36. The van der Waals surface area contributed by atoms with Crippen LogP contribution in [0.1, 0.15) is 68.9 Å². The van der Waals surface area contributed by atoms with E-state index in [1.165, 1.54) is 24.8 Å². The van der Waals surface area contributed by atoms with Crippen molar-refractivity contribution in [1.82, 2.24) is 15.2 Å². The van der Waals surface area contributed by atoms with E-state index in [1.807, 2.05) is 6.92 Å². The Morgan fingerprint density at radius 3 is 2.63 bits per heavy atom. The maximum Gasteiger partial charge on any atom is 0.226 e. The van der Waals surface area contributed by atoms with Gasteiger partial charge in [-0.15, -0.1) is 0 Å². The van der Waals surface area contributed by atoms with Crippen molar-refractivity contribution >= 4 is 5.91 Å². The Kier molecular flexibility index (Phi) is 6.88. The number of rotatable bonds is 6. The second kappa shape index (κ2) is 9.78. The summed E-state index contributed by atoms with van der Waals surface area (Å²) in [5.74, 6) is 1.90. The minimum absolute atomic E-state index is 0.0916. The summed E-state index contributed by atoms with van der Waals surface area (Å²) in [5, 5.41) is 3.32. The first-order chi connectivity index (χ1) is 14.6. The van der Waals surface area contributed by atoms with E-state index in [2.05, 4.69) is 41.4 Å². The summed E-state index contributed by atoms with van der Waals surface area (Å²) < 4.78 is 5.97. The Morgan fingerprint density at radius 2 is 1.90 bits per heavy atom. The van der Waals surface area contributed by atoms with Gasteiger partial charge in [0.2, 0.25) is 11.8 Å². The third-order valence-corrected chi connectivity index (χ3v) is 6.70. The molecule has 4 rings (SSSR count). The maximum atomic E-state index is 12.8. The minimum atomic E-state index is 0.0916. The predicted octanol–water partition coefficient (Wildman–Crippen LogP) is 4.87. The number of hydrogen-bond donors (Lipinski definition) is 1. The van der Waals surface area contributed by atoms with Crippen LogP contribution in [0.15, 0.2) is 28.7 Å². The fraction of sp³-hybridized carbons (Fsp3) is 0.600. The van der Waals surface area contributed by atoms with Crippen molar-refractivity contribution in [2.45, 2.75) is 77.8 Å². The molecule has 2 aliphatic rings. The standard InChI is InChI=1S/C25H35N3O2/c1-3-19-11-13-20(14-12-19)25-27-23(18(2)30-25)17-28-15-7-8-21(16-28)24(29)26-22-9-5-4-6-10-22/h11-14,21-22H,3-10,15-17H2,1-2H3,(H,26,29). The summed E-state index contributed by atoms with van der Waals surface area (Å²) in [7, 11) is 0. The Bertz CT molecular complexity index is 837. The van der Waals surface area contributed by atoms with Gasteiger partial charge in [0, 0.05) is 24.7 Å². The smallest absolute Gasteiger partial charge is 0.226 e. The largest absolute Gasteiger partial charge is 0.441 e. The van der Waals surface area contributed by atoms with E-state index in [1.54, 1.807) is 0 Å². The van der Waals surface area contributed by atoms with Gasteiger partial charge < -0.3 is 9.73 Å². The van der Waals surface area contributed by atoms with E-state index >= 15 is 0 Å². The lowest BCUT2D eigenvalue weighted by Gasteiger charge is -2.33. The first-order valence-electron chi connectivity index (χ1n) is 11.7. The molecule has 1 aromatic carbocycles. The van der Waals surface area contributed by atoms with Gasteiger partial charge in [-0.25, -0.2) is 4.98 Å². The molecule has 1 aliphatic heterocycles. The van der Waals surface area contributed by atoms with Gasteiger partial charge in [-0.1, -0.05) is 38.3 Å². The summed E-state index contributed by atoms with van der Waals surface area (Å²) >= 11 is 0. The van der Waals surface area contributed by atoms with Crippen LogP contribution in [0.2, 0.25) is 0 Å². The van der Waals surface area contributed by atoms with Gasteiger partial charge in [-0.3, -0.25) is 9.69 Å². The average molecular weight is 410 g/mol. The molecule has 0 spiro atoms. The molecule has 0 radical (unpaired) electrons. The van der Waals surface area contributed by atoms with Crippen molar-refractivity contribution < 1.29 is 9.21 Å². The number of nitrogens with one attached hydrogen (secondary N) is 1. The molecule has 1 saturated heterocycles. The third-order valence-electron chi connectivity index (χ3n) is 6.70. The number of oxazole rings is 1. The van der Waals surface area contributed by atoms with Crippen LogP contribution in [-0.4, -0.2) is 34.9 Å². The maximum absolute atomic E-state index is 12.8. The van der Waals surface area contributed by atoms with Crippen LogP contribution >= 0.6 is 0 Å². The molecule has 0 bridgehead atoms. The van der Waals surface area contributed by atoms with E-state index in [0.717, 1.165) is 68.8 Å². The summed E-state index contributed by atoms with van der Waals surface area (Å²) in [5.41, 5.74) is 3.32. The zero-order chi connectivity index (χ0) is 20.9. The number of aromatic nitrogens is 1. The Hall–Kier alpha value is -2.14. The quantitative estimate of drug-likeness (QED) is 0.739. The van der Waals surface area contributed by atoms with E-state index in [0.29, 0.717) is 11.9 Å². The highest BCUT2D eigenvalue weighted by Crippen LogP contribution is 2.25. The number of benzene rings is 1. The number of amides is 1. The Morgan fingerprint density at radius 1 is 1.13 bits per heavy atom. The van der Waals surface area contributed by atoms with Crippen LogP contribution in [-0.2, 0) is 17.8 Å². The number of carbonyl (C=O) groups is 1. The highest BCUT2D eigenvalue weighted by atomic mass is 16.4. The number of hydrogen-bond acceptors (Lipinski definition) is 4. The van der Waals surface area contributed by atoms with Crippen LogP contribution in [0.5, 0.6) is 0 Å². The summed E-state index contributed by atoms with van der Waals surface area (Å²) in [4.78, 5) is 19.9. The molecule has 1 atom stereocenters. The Labute approximate surface area is 180 Å². The molecule has 1 aliphatic carbocycles. The molecule has 1 N–H and O–H groups in total. The van der Waals surface area contributed by atoms with E-state index in [-0.39, 0.29) is 11.8 Å². The van der Waals surface area contributed by atoms with E-state index in [4.69, 9.17) is 9.40 Å².